The third-order valence-corrected chi connectivity index (χ3v) is 2.61. The van der Waals surface area contributed by atoms with Crippen molar-refractivity contribution in [3.63, 3.8) is 0 Å². The molecule has 0 rings (SSSR count). The van der Waals surface area contributed by atoms with Crippen LogP contribution in [0.25, 0.3) is 0 Å². The van der Waals surface area contributed by atoms with Gasteiger partial charge >= 0.3 is 0 Å². The molecular weight excluding hydrogens is 176 g/mol. The number of rotatable bonds is 9. The van der Waals surface area contributed by atoms with E-state index in [1.807, 2.05) is 0 Å². The predicted octanol–water partition coefficient (Wildman–Crippen LogP) is 2.87. The van der Waals surface area contributed by atoms with E-state index in [1.54, 1.807) is 0 Å². The molecule has 0 aromatic heterocycles. The summed E-state index contributed by atoms with van der Waals surface area (Å²) in [7, 11) is 0. The van der Waals surface area contributed by atoms with Gasteiger partial charge in [0.25, 0.3) is 0 Å². The molecular formula is C12H26O2. The largest absolute Gasteiger partial charge is 0.393 e. The standard InChI is InChI=1S/C12H26O2/c1-3-5-7-11(13)9-10-12(14)8-6-4-2/h11-14H,3-10H2,1-2H3/t11-,12+. The van der Waals surface area contributed by atoms with Crippen molar-refractivity contribution in [3.8, 4) is 0 Å². The van der Waals surface area contributed by atoms with Gasteiger partial charge in [0.1, 0.15) is 0 Å². The van der Waals surface area contributed by atoms with Gasteiger partial charge in [0.2, 0.25) is 0 Å². The molecule has 0 aromatic rings. The summed E-state index contributed by atoms with van der Waals surface area (Å²) in [6, 6.07) is 0. The summed E-state index contributed by atoms with van der Waals surface area (Å²) in [4.78, 5) is 0. The molecule has 2 N–H and O–H groups in total. The first-order valence-corrected chi connectivity index (χ1v) is 6.06. The van der Waals surface area contributed by atoms with Crippen molar-refractivity contribution in [2.45, 2.75) is 77.4 Å². The summed E-state index contributed by atoms with van der Waals surface area (Å²) >= 11 is 0. The second-order valence-corrected chi connectivity index (χ2v) is 4.17. The number of hydrogen-bond acceptors (Lipinski definition) is 2. The fourth-order valence-corrected chi connectivity index (χ4v) is 1.55. The Morgan fingerprint density at radius 3 is 1.36 bits per heavy atom. The van der Waals surface area contributed by atoms with E-state index in [0.29, 0.717) is 0 Å². The molecule has 0 radical (unpaired) electrons. The highest BCUT2D eigenvalue weighted by Gasteiger charge is 2.08. The van der Waals surface area contributed by atoms with Crippen molar-refractivity contribution >= 4 is 0 Å². The fraction of sp³-hybridized carbons (Fsp3) is 1.00. The lowest BCUT2D eigenvalue weighted by Gasteiger charge is -2.13. The van der Waals surface area contributed by atoms with E-state index < -0.39 is 0 Å². The molecule has 0 amide bonds. The van der Waals surface area contributed by atoms with Crippen molar-refractivity contribution in [1.82, 2.24) is 0 Å². The number of hydrogen-bond donors (Lipinski definition) is 2. The van der Waals surface area contributed by atoms with E-state index >= 15 is 0 Å². The van der Waals surface area contributed by atoms with Crippen molar-refractivity contribution in [2.75, 3.05) is 0 Å². The highest BCUT2D eigenvalue weighted by atomic mass is 16.3. The normalized spacial score (nSPS) is 15.4. The van der Waals surface area contributed by atoms with Crippen LogP contribution in [0, 0.1) is 0 Å². The van der Waals surface area contributed by atoms with Gasteiger partial charge in [-0.25, -0.2) is 0 Å². The molecule has 2 nitrogen and oxygen atoms in total. The average molecular weight is 202 g/mol. The zero-order chi connectivity index (χ0) is 10.8. The Balaban J connectivity index is 3.31. The molecule has 0 saturated carbocycles. The lowest BCUT2D eigenvalue weighted by Crippen LogP contribution is -2.13. The monoisotopic (exact) mass is 202 g/mol. The smallest absolute Gasteiger partial charge is 0.0541 e. The first kappa shape index (κ1) is 13.9. The summed E-state index contributed by atoms with van der Waals surface area (Å²) in [6.07, 6.45) is 7.32. The van der Waals surface area contributed by atoms with Crippen molar-refractivity contribution in [2.24, 2.45) is 0 Å². The maximum atomic E-state index is 9.54. The second-order valence-electron chi connectivity index (χ2n) is 4.17. The molecule has 14 heavy (non-hydrogen) atoms. The van der Waals surface area contributed by atoms with Crippen molar-refractivity contribution in [3.05, 3.63) is 0 Å². The number of aliphatic hydroxyl groups excluding tert-OH is 2. The molecule has 0 aliphatic heterocycles. The van der Waals surface area contributed by atoms with E-state index in [4.69, 9.17) is 0 Å². The topological polar surface area (TPSA) is 40.5 Å². The molecule has 0 heterocycles. The molecule has 0 bridgehead atoms. The van der Waals surface area contributed by atoms with Gasteiger partial charge in [-0.05, 0) is 25.7 Å². The van der Waals surface area contributed by atoms with Crippen LogP contribution in [-0.4, -0.2) is 22.4 Å². The Bertz CT molecular complexity index is 101. The van der Waals surface area contributed by atoms with E-state index in [2.05, 4.69) is 13.8 Å². The maximum Gasteiger partial charge on any atom is 0.0541 e. The molecule has 86 valence electrons. The number of unbranched alkanes of at least 4 members (excludes halogenated alkanes) is 2. The SMILES string of the molecule is CCCC[C@@H](O)CC[C@@H](O)CCCC. The summed E-state index contributed by atoms with van der Waals surface area (Å²) in [5.41, 5.74) is 0. The molecule has 2 atom stereocenters. The van der Waals surface area contributed by atoms with Crippen LogP contribution in [-0.2, 0) is 0 Å². The molecule has 0 aliphatic carbocycles. The van der Waals surface area contributed by atoms with Crippen LogP contribution >= 0.6 is 0 Å². The summed E-state index contributed by atoms with van der Waals surface area (Å²) in [5.74, 6) is 0. The minimum Gasteiger partial charge on any atom is -0.393 e. The minimum atomic E-state index is -0.203. The molecule has 2 heteroatoms. The van der Waals surface area contributed by atoms with Gasteiger partial charge in [-0.2, -0.15) is 0 Å². The van der Waals surface area contributed by atoms with Crippen LogP contribution in [0.1, 0.15) is 65.2 Å². The Hall–Kier alpha value is -0.0800. The van der Waals surface area contributed by atoms with E-state index in [-0.39, 0.29) is 12.2 Å². The van der Waals surface area contributed by atoms with E-state index in [1.165, 1.54) is 0 Å². The highest BCUT2D eigenvalue weighted by molar-refractivity contribution is 4.61. The Morgan fingerprint density at radius 1 is 0.714 bits per heavy atom. The minimum absolute atomic E-state index is 0.203. The van der Waals surface area contributed by atoms with Gasteiger partial charge in [-0.15, -0.1) is 0 Å². The van der Waals surface area contributed by atoms with E-state index in [9.17, 15) is 10.2 Å². The fourth-order valence-electron chi connectivity index (χ4n) is 1.55. The third kappa shape index (κ3) is 8.52. The van der Waals surface area contributed by atoms with Gasteiger partial charge in [0, 0.05) is 0 Å². The molecule has 0 spiro atoms. The zero-order valence-electron chi connectivity index (χ0n) is 9.71. The molecule has 0 aromatic carbocycles. The van der Waals surface area contributed by atoms with Gasteiger partial charge in [0.15, 0.2) is 0 Å². The lowest BCUT2D eigenvalue weighted by atomic mass is 10.0. The van der Waals surface area contributed by atoms with Gasteiger partial charge < -0.3 is 10.2 Å². The Kier molecular flexibility index (Phi) is 9.42. The van der Waals surface area contributed by atoms with Crippen LogP contribution in [0.3, 0.4) is 0 Å². The molecule has 0 aliphatic rings. The maximum absolute atomic E-state index is 9.54. The summed E-state index contributed by atoms with van der Waals surface area (Å²) in [5, 5.41) is 19.1. The third-order valence-electron chi connectivity index (χ3n) is 2.61. The average Bonchev–Trinajstić information content (AvgIpc) is 2.20. The van der Waals surface area contributed by atoms with Crippen LogP contribution in [0.2, 0.25) is 0 Å². The first-order chi connectivity index (χ1) is 6.70. The van der Waals surface area contributed by atoms with Crippen LogP contribution in [0.15, 0.2) is 0 Å². The van der Waals surface area contributed by atoms with Crippen molar-refractivity contribution in [1.29, 1.82) is 0 Å². The molecule has 0 fully saturated rings. The molecule has 0 saturated heterocycles. The first-order valence-electron chi connectivity index (χ1n) is 6.06. The van der Waals surface area contributed by atoms with Crippen LogP contribution in [0.4, 0.5) is 0 Å². The number of aliphatic hydroxyl groups is 2. The predicted molar refractivity (Wildman–Crippen MR) is 60.3 cm³/mol. The van der Waals surface area contributed by atoms with Crippen molar-refractivity contribution < 1.29 is 10.2 Å². The second kappa shape index (κ2) is 9.47. The molecule has 0 unspecified atom stereocenters. The highest BCUT2D eigenvalue weighted by Crippen LogP contribution is 2.11. The summed E-state index contributed by atoms with van der Waals surface area (Å²) < 4.78 is 0. The van der Waals surface area contributed by atoms with Gasteiger partial charge in [0.05, 0.1) is 12.2 Å². The Labute approximate surface area is 88.3 Å². The van der Waals surface area contributed by atoms with Gasteiger partial charge in [-0.3, -0.25) is 0 Å². The zero-order valence-corrected chi connectivity index (χ0v) is 9.71. The van der Waals surface area contributed by atoms with E-state index in [0.717, 1.165) is 51.4 Å². The Morgan fingerprint density at radius 2 is 1.07 bits per heavy atom. The summed E-state index contributed by atoms with van der Waals surface area (Å²) in [6.45, 7) is 4.26. The van der Waals surface area contributed by atoms with Crippen LogP contribution in [0.5, 0.6) is 0 Å². The quantitative estimate of drug-likeness (QED) is 0.603. The van der Waals surface area contributed by atoms with Crippen LogP contribution < -0.4 is 0 Å². The van der Waals surface area contributed by atoms with Gasteiger partial charge in [-0.1, -0.05) is 39.5 Å². The lowest BCUT2D eigenvalue weighted by molar-refractivity contribution is 0.102.